The van der Waals surface area contributed by atoms with Gasteiger partial charge in [0, 0.05) is 0 Å². The quantitative estimate of drug-likeness (QED) is 0.266. The van der Waals surface area contributed by atoms with Crippen molar-refractivity contribution in [3.05, 3.63) is 142 Å². The van der Waals surface area contributed by atoms with Crippen molar-refractivity contribution in [1.29, 1.82) is 0 Å². The van der Waals surface area contributed by atoms with E-state index in [1.807, 2.05) is 61.5 Å². The number of hydrogen-bond donors (Lipinski definition) is 0. The fourth-order valence-electron chi connectivity index (χ4n) is 5.83. The average Bonchev–Trinajstić information content (AvgIpc) is 2.93. The van der Waals surface area contributed by atoms with Gasteiger partial charge >= 0.3 is 18.1 Å². The molecule has 4 aromatic carbocycles. The minimum atomic E-state index is -4.61. The van der Waals surface area contributed by atoms with Crippen LogP contribution in [0, 0.1) is 6.92 Å². The van der Waals surface area contributed by atoms with Crippen LogP contribution in [-0.4, -0.2) is 24.1 Å². The lowest BCUT2D eigenvalue weighted by Crippen LogP contribution is -2.51. The Morgan fingerprint density at radius 3 is 1.49 bits per heavy atom. The standard InChI is InChI=1S/C32H23F3O4/c1-18-8-6-9-19(16-18)30(36)38-28-26-22-12-2-4-14-24(22)27(25-15-5-3-13-23(25)26)29(28)39-31(37)20-10-7-11-21(17-20)32(33,34)35/h2-17,26-29H,1H3/t26-,27-,28?,29?. The van der Waals surface area contributed by atoms with Crippen molar-refractivity contribution in [2.24, 2.45) is 0 Å². The summed E-state index contributed by atoms with van der Waals surface area (Å²) >= 11 is 0. The Morgan fingerprint density at radius 1 is 0.615 bits per heavy atom. The molecule has 7 heteroatoms. The number of hydrogen-bond acceptors (Lipinski definition) is 4. The van der Waals surface area contributed by atoms with Crippen LogP contribution in [0.25, 0.3) is 0 Å². The van der Waals surface area contributed by atoms with E-state index in [0.29, 0.717) is 5.56 Å². The summed E-state index contributed by atoms with van der Waals surface area (Å²) in [6, 6.07) is 26.6. The number of aryl methyl sites for hydroxylation is 1. The zero-order valence-electron chi connectivity index (χ0n) is 20.8. The summed E-state index contributed by atoms with van der Waals surface area (Å²) in [7, 11) is 0. The molecule has 196 valence electrons. The lowest BCUT2D eigenvalue weighted by Gasteiger charge is -2.49. The van der Waals surface area contributed by atoms with Gasteiger partial charge in [-0.15, -0.1) is 0 Å². The number of benzene rings is 4. The van der Waals surface area contributed by atoms with Gasteiger partial charge < -0.3 is 9.47 Å². The molecule has 0 N–H and O–H groups in total. The van der Waals surface area contributed by atoms with E-state index in [-0.39, 0.29) is 5.56 Å². The third-order valence-electron chi connectivity index (χ3n) is 7.48. The van der Waals surface area contributed by atoms with Crippen molar-refractivity contribution in [3.8, 4) is 0 Å². The highest BCUT2D eigenvalue weighted by atomic mass is 19.4. The molecule has 2 bridgehead atoms. The molecule has 0 radical (unpaired) electrons. The first kappa shape index (κ1) is 24.9. The molecular formula is C32H23F3O4. The van der Waals surface area contributed by atoms with Gasteiger partial charge in [-0.25, -0.2) is 9.59 Å². The van der Waals surface area contributed by atoms with Gasteiger partial charge in [0.1, 0.15) is 0 Å². The van der Waals surface area contributed by atoms with E-state index in [1.54, 1.807) is 18.2 Å². The van der Waals surface area contributed by atoms with Gasteiger partial charge in [0.15, 0.2) is 12.2 Å². The Morgan fingerprint density at radius 2 is 1.05 bits per heavy atom. The summed E-state index contributed by atoms with van der Waals surface area (Å²) in [6.45, 7) is 1.87. The topological polar surface area (TPSA) is 52.6 Å². The second-order valence-electron chi connectivity index (χ2n) is 9.90. The van der Waals surface area contributed by atoms with E-state index < -0.39 is 47.7 Å². The first-order valence-electron chi connectivity index (χ1n) is 12.6. The van der Waals surface area contributed by atoms with Crippen molar-refractivity contribution in [2.45, 2.75) is 37.1 Å². The van der Waals surface area contributed by atoms with Crippen LogP contribution in [-0.2, 0) is 15.7 Å². The van der Waals surface area contributed by atoms with E-state index in [0.717, 1.165) is 39.9 Å². The van der Waals surface area contributed by atoms with Crippen LogP contribution in [0.4, 0.5) is 13.2 Å². The van der Waals surface area contributed by atoms with E-state index in [4.69, 9.17) is 9.47 Å². The summed E-state index contributed by atoms with van der Waals surface area (Å²) in [5, 5.41) is 0. The van der Waals surface area contributed by atoms with Crippen molar-refractivity contribution < 1.29 is 32.2 Å². The second kappa shape index (κ2) is 9.42. The normalized spacial score (nSPS) is 21.0. The zero-order valence-corrected chi connectivity index (χ0v) is 20.8. The van der Waals surface area contributed by atoms with Gasteiger partial charge in [-0.3, -0.25) is 0 Å². The van der Waals surface area contributed by atoms with Crippen LogP contribution >= 0.6 is 0 Å². The van der Waals surface area contributed by atoms with Gasteiger partial charge in [0.05, 0.1) is 28.5 Å². The van der Waals surface area contributed by atoms with Crippen LogP contribution in [0.1, 0.15) is 65.9 Å². The fraction of sp³-hybridized carbons (Fsp3) is 0.188. The van der Waals surface area contributed by atoms with Crippen LogP contribution in [0.2, 0.25) is 0 Å². The highest BCUT2D eigenvalue weighted by Gasteiger charge is 2.53. The lowest BCUT2D eigenvalue weighted by molar-refractivity contribution is -0.137. The molecule has 3 aliphatic rings. The number of ether oxygens (including phenoxy) is 2. The Bertz CT molecular complexity index is 1540. The maximum absolute atomic E-state index is 13.3. The average molecular weight is 529 g/mol. The van der Waals surface area contributed by atoms with Crippen LogP contribution in [0.3, 0.4) is 0 Å². The number of rotatable bonds is 4. The number of carbonyl (C=O) groups is 2. The molecule has 39 heavy (non-hydrogen) atoms. The van der Waals surface area contributed by atoms with E-state index in [1.165, 1.54) is 12.1 Å². The van der Waals surface area contributed by atoms with E-state index in [9.17, 15) is 22.8 Å². The molecule has 0 fully saturated rings. The minimum absolute atomic E-state index is 0.225. The van der Waals surface area contributed by atoms with Crippen molar-refractivity contribution >= 4 is 11.9 Å². The molecule has 0 spiro atoms. The Balaban J connectivity index is 1.43. The number of esters is 2. The first-order valence-corrected chi connectivity index (χ1v) is 12.6. The van der Waals surface area contributed by atoms with Crippen LogP contribution in [0.5, 0.6) is 0 Å². The SMILES string of the molecule is Cc1cccc(C(=O)OC2C(OC(=O)c3cccc(C(F)(F)F)c3)[C@H]3c4ccccc4[C@H]2c2ccccc23)c1. The highest BCUT2D eigenvalue weighted by molar-refractivity contribution is 5.91. The molecule has 0 heterocycles. The van der Waals surface area contributed by atoms with E-state index >= 15 is 0 Å². The van der Waals surface area contributed by atoms with Crippen LogP contribution in [0.15, 0.2) is 97.1 Å². The van der Waals surface area contributed by atoms with Gasteiger partial charge in [-0.2, -0.15) is 13.2 Å². The summed E-state index contributed by atoms with van der Waals surface area (Å²) in [4.78, 5) is 26.6. The third kappa shape index (κ3) is 4.38. The molecule has 0 amide bonds. The highest BCUT2D eigenvalue weighted by Crippen LogP contribution is 2.55. The Labute approximate surface area is 223 Å². The lowest BCUT2D eigenvalue weighted by atomic mass is 9.61. The second-order valence-corrected chi connectivity index (χ2v) is 9.90. The predicted molar refractivity (Wildman–Crippen MR) is 138 cm³/mol. The number of fused-ring (bicyclic) bond motifs is 1. The Kier molecular flexibility index (Phi) is 6.02. The first-order chi connectivity index (χ1) is 18.7. The maximum atomic E-state index is 13.3. The van der Waals surface area contributed by atoms with Gasteiger partial charge in [0.25, 0.3) is 0 Å². The zero-order chi connectivity index (χ0) is 27.3. The van der Waals surface area contributed by atoms with Gasteiger partial charge in [0.2, 0.25) is 0 Å². The molecule has 4 aromatic rings. The summed E-state index contributed by atoms with van der Waals surface area (Å²) < 4.78 is 52.1. The largest absolute Gasteiger partial charge is 0.454 e. The third-order valence-corrected chi connectivity index (χ3v) is 7.48. The molecule has 2 atom stereocenters. The van der Waals surface area contributed by atoms with Gasteiger partial charge in [-0.05, 0) is 59.5 Å². The summed E-state index contributed by atoms with van der Waals surface area (Å²) in [5.74, 6) is -2.36. The number of alkyl halides is 3. The molecule has 2 unspecified atom stereocenters. The number of carbonyl (C=O) groups excluding carboxylic acids is 2. The van der Waals surface area contributed by atoms with E-state index in [2.05, 4.69) is 0 Å². The summed E-state index contributed by atoms with van der Waals surface area (Å²) in [6.07, 6.45) is -6.44. The van der Waals surface area contributed by atoms with Crippen LogP contribution < -0.4 is 0 Å². The molecule has 0 saturated carbocycles. The smallest absolute Gasteiger partial charge is 0.416 e. The fourth-order valence-corrected chi connectivity index (χ4v) is 5.83. The molecule has 0 aliphatic heterocycles. The van der Waals surface area contributed by atoms with Crippen molar-refractivity contribution in [2.75, 3.05) is 0 Å². The molecule has 0 saturated heterocycles. The maximum Gasteiger partial charge on any atom is 0.416 e. The Hall–Kier alpha value is -4.39. The van der Waals surface area contributed by atoms with Crippen molar-refractivity contribution in [1.82, 2.24) is 0 Å². The predicted octanol–water partition coefficient (Wildman–Crippen LogP) is 7.06. The molecule has 3 aliphatic carbocycles. The van der Waals surface area contributed by atoms with Gasteiger partial charge in [-0.1, -0.05) is 72.3 Å². The molecule has 0 aromatic heterocycles. The number of halogens is 3. The monoisotopic (exact) mass is 528 g/mol. The van der Waals surface area contributed by atoms with Crippen molar-refractivity contribution in [3.63, 3.8) is 0 Å². The molecule has 7 rings (SSSR count). The molecular weight excluding hydrogens is 505 g/mol. The summed E-state index contributed by atoms with van der Waals surface area (Å²) in [5.41, 5.74) is 3.89. The minimum Gasteiger partial charge on any atom is -0.454 e. The molecule has 4 nitrogen and oxygen atoms in total.